The third kappa shape index (κ3) is 3.15. The fourth-order valence-electron chi connectivity index (χ4n) is 3.65. The third-order valence-electron chi connectivity index (χ3n) is 5.07. The van der Waals surface area contributed by atoms with Crippen molar-refractivity contribution in [1.82, 2.24) is 9.88 Å². The number of amides is 1. The van der Waals surface area contributed by atoms with E-state index in [1.807, 2.05) is 12.1 Å². The van der Waals surface area contributed by atoms with Crippen LogP contribution < -0.4 is 5.32 Å². The molecule has 1 aromatic heterocycles. The Balaban J connectivity index is 1.32. The van der Waals surface area contributed by atoms with Gasteiger partial charge in [0.1, 0.15) is 6.10 Å². The molecule has 2 saturated heterocycles. The number of likely N-dealkylation sites (tertiary alicyclic amines) is 1. The van der Waals surface area contributed by atoms with Gasteiger partial charge in [-0.2, -0.15) is 0 Å². The van der Waals surface area contributed by atoms with Gasteiger partial charge >= 0.3 is 0 Å². The van der Waals surface area contributed by atoms with Gasteiger partial charge < -0.3 is 15.0 Å². The molecule has 1 saturated carbocycles. The number of anilines is 1. The first-order valence-corrected chi connectivity index (χ1v) is 8.36. The van der Waals surface area contributed by atoms with E-state index < -0.39 is 0 Å². The zero-order valence-electron chi connectivity index (χ0n) is 12.8. The molecule has 3 aliphatic rings. The number of fused-ring (bicyclic) bond motifs is 1. The lowest BCUT2D eigenvalue weighted by Gasteiger charge is -2.34. The number of piperidine rings is 1. The van der Waals surface area contributed by atoms with Gasteiger partial charge in [-0.05, 0) is 56.2 Å². The highest BCUT2D eigenvalue weighted by molar-refractivity contribution is 5.94. The van der Waals surface area contributed by atoms with E-state index in [0.717, 1.165) is 37.5 Å². The van der Waals surface area contributed by atoms with E-state index in [0.29, 0.717) is 5.92 Å². The highest BCUT2D eigenvalue weighted by atomic mass is 16.5. The summed E-state index contributed by atoms with van der Waals surface area (Å²) in [6, 6.07) is 3.67. The van der Waals surface area contributed by atoms with Crippen LogP contribution in [0.1, 0.15) is 25.7 Å². The fraction of sp³-hybridized carbons (Fsp3) is 0.647. The van der Waals surface area contributed by atoms with Gasteiger partial charge in [0.25, 0.3) is 5.91 Å². The van der Waals surface area contributed by atoms with Gasteiger partial charge in [0, 0.05) is 19.3 Å². The summed E-state index contributed by atoms with van der Waals surface area (Å²) in [4.78, 5) is 18.9. The molecule has 1 amide bonds. The van der Waals surface area contributed by atoms with E-state index in [1.54, 1.807) is 12.4 Å². The van der Waals surface area contributed by atoms with Crippen molar-refractivity contribution < 1.29 is 9.53 Å². The molecule has 0 bridgehead atoms. The van der Waals surface area contributed by atoms with E-state index in [1.165, 1.54) is 19.4 Å². The monoisotopic (exact) mass is 301 g/mol. The first-order chi connectivity index (χ1) is 10.8. The Morgan fingerprint density at radius 2 is 2.32 bits per heavy atom. The Hall–Kier alpha value is -1.46. The number of ether oxygens (including phenoxy) is 1. The van der Waals surface area contributed by atoms with Crippen LogP contribution in [0.25, 0.3) is 0 Å². The van der Waals surface area contributed by atoms with E-state index in [9.17, 15) is 4.79 Å². The molecule has 118 valence electrons. The summed E-state index contributed by atoms with van der Waals surface area (Å²) in [5.41, 5.74) is 0.737. The molecule has 4 rings (SSSR count). The molecular formula is C17H23N3O2. The van der Waals surface area contributed by atoms with E-state index in [-0.39, 0.29) is 18.1 Å². The van der Waals surface area contributed by atoms with Crippen molar-refractivity contribution >= 4 is 11.6 Å². The Morgan fingerprint density at radius 3 is 3.09 bits per heavy atom. The molecule has 5 nitrogen and oxygen atoms in total. The van der Waals surface area contributed by atoms with Crippen molar-refractivity contribution in [2.45, 2.75) is 37.9 Å². The number of rotatable bonds is 4. The SMILES string of the molecule is O=C(Nc1cccnc1)[C@@H]1C[C@H]2CCN(CC3CC3)C[C@H]2O1. The van der Waals surface area contributed by atoms with Crippen molar-refractivity contribution in [3.63, 3.8) is 0 Å². The zero-order valence-corrected chi connectivity index (χ0v) is 12.8. The Bertz CT molecular complexity index is 532. The maximum atomic E-state index is 12.3. The average molecular weight is 301 g/mol. The molecule has 3 fully saturated rings. The highest BCUT2D eigenvalue weighted by Crippen LogP contribution is 2.36. The third-order valence-corrected chi connectivity index (χ3v) is 5.07. The van der Waals surface area contributed by atoms with Crippen molar-refractivity contribution in [2.24, 2.45) is 11.8 Å². The normalized spacial score (nSPS) is 31.7. The van der Waals surface area contributed by atoms with Gasteiger partial charge in [0.15, 0.2) is 0 Å². The molecular weight excluding hydrogens is 278 g/mol. The van der Waals surface area contributed by atoms with Gasteiger partial charge in [-0.25, -0.2) is 0 Å². The molecule has 1 aromatic rings. The van der Waals surface area contributed by atoms with Crippen molar-refractivity contribution in [3.8, 4) is 0 Å². The summed E-state index contributed by atoms with van der Waals surface area (Å²) in [7, 11) is 0. The zero-order chi connectivity index (χ0) is 14.9. The van der Waals surface area contributed by atoms with Crippen molar-refractivity contribution in [2.75, 3.05) is 25.0 Å². The molecule has 0 spiro atoms. The Labute approximate surface area is 131 Å². The van der Waals surface area contributed by atoms with Crippen molar-refractivity contribution in [3.05, 3.63) is 24.5 Å². The molecule has 0 radical (unpaired) electrons. The summed E-state index contributed by atoms with van der Waals surface area (Å²) >= 11 is 0. The lowest BCUT2D eigenvalue weighted by molar-refractivity contribution is -0.127. The number of nitrogens with one attached hydrogen (secondary N) is 1. The number of aromatic nitrogens is 1. The smallest absolute Gasteiger partial charge is 0.253 e. The van der Waals surface area contributed by atoms with Crippen LogP contribution in [0.2, 0.25) is 0 Å². The van der Waals surface area contributed by atoms with Gasteiger partial charge in [-0.1, -0.05) is 0 Å². The second-order valence-corrected chi connectivity index (χ2v) is 6.88. The number of hydrogen-bond acceptors (Lipinski definition) is 4. The van der Waals surface area contributed by atoms with E-state index in [2.05, 4.69) is 15.2 Å². The average Bonchev–Trinajstić information content (AvgIpc) is 3.24. The first kappa shape index (κ1) is 14.2. The summed E-state index contributed by atoms with van der Waals surface area (Å²) in [6.45, 7) is 3.38. The van der Waals surface area contributed by atoms with Gasteiger partial charge in [0.05, 0.1) is 18.0 Å². The quantitative estimate of drug-likeness (QED) is 0.923. The summed E-state index contributed by atoms with van der Waals surface area (Å²) in [6.07, 6.45) is 8.08. The standard InChI is InChI=1S/C17H23N3O2/c21-17(19-14-2-1-6-18-9-14)15-8-13-5-7-20(10-12-3-4-12)11-16(13)22-15/h1-2,6,9,12-13,15-16H,3-5,7-8,10-11H2,(H,19,21)/t13-,15+,16-/m1/s1. The van der Waals surface area contributed by atoms with Crippen LogP contribution in [0.5, 0.6) is 0 Å². The molecule has 2 aliphatic heterocycles. The molecule has 3 atom stereocenters. The molecule has 0 aromatic carbocycles. The number of carbonyl (C=O) groups excluding carboxylic acids is 1. The second kappa shape index (κ2) is 5.97. The number of hydrogen-bond donors (Lipinski definition) is 1. The molecule has 1 aliphatic carbocycles. The summed E-state index contributed by atoms with van der Waals surface area (Å²) < 4.78 is 6.06. The fourth-order valence-corrected chi connectivity index (χ4v) is 3.65. The predicted octanol–water partition coefficient (Wildman–Crippen LogP) is 1.91. The summed E-state index contributed by atoms with van der Waals surface area (Å²) in [5.74, 6) is 1.43. The van der Waals surface area contributed by atoms with E-state index in [4.69, 9.17) is 4.74 Å². The van der Waals surface area contributed by atoms with Crippen LogP contribution in [0.3, 0.4) is 0 Å². The minimum atomic E-state index is -0.309. The number of carbonyl (C=O) groups is 1. The highest BCUT2D eigenvalue weighted by Gasteiger charge is 2.42. The molecule has 0 unspecified atom stereocenters. The van der Waals surface area contributed by atoms with Gasteiger partial charge in [0.2, 0.25) is 0 Å². The Morgan fingerprint density at radius 1 is 1.41 bits per heavy atom. The molecule has 3 heterocycles. The molecule has 5 heteroatoms. The lowest BCUT2D eigenvalue weighted by Crippen LogP contribution is -2.43. The maximum absolute atomic E-state index is 12.3. The lowest BCUT2D eigenvalue weighted by atomic mass is 9.91. The number of nitrogens with zero attached hydrogens (tertiary/aromatic N) is 2. The largest absolute Gasteiger partial charge is 0.364 e. The van der Waals surface area contributed by atoms with E-state index >= 15 is 0 Å². The van der Waals surface area contributed by atoms with Gasteiger partial charge in [-0.15, -0.1) is 0 Å². The molecule has 22 heavy (non-hydrogen) atoms. The van der Waals surface area contributed by atoms with Gasteiger partial charge in [-0.3, -0.25) is 9.78 Å². The molecule has 1 N–H and O–H groups in total. The maximum Gasteiger partial charge on any atom is 0.253 e. The van der Waals surface area contributed by atoms with Crippen molar-refractivity contribution in [1.29, 1.82) is 0 Å². The Kier molecular flexibility index (Phi) is 3.84. The first-order valence-electron chi connectivity index (χ1n) is 8.36. The summed E-state index contributed by atoms with van der Waals surface area (Å²) in [5, 5.41) is 2.91. The van der Waals surface area contributed by atoms with Crippen LogP contribution in [0.4, 0.5) is 5.69 Å². The van der Waals surface area contributed by atoms with Crippen LogP contribution in [0.15, 0.2) is 24.5 Å². The van der Waals surface area contributed by atoms with Crippen LogP contribution in [-0.4, -0.2) is 47.6 Å². The van der Waals surface area contributed by atoms with Crippen LogP contribution >= 0.6 is 0 Å². The predicted molar refractivity (Wildman–Crippen MR) is 83.4 cm³/mol. The minimum Gasteiger partial charge on any atom is -0.364 e. The minimum absolute atomic E-state index is 0.0313. The van der Waals surface area contributed by atoms with Crippen LogP contribution in [-0.2, 0) is 9.53 Å². The second-order valence-electron chi connectivity index (χ2n) is 6.88. The van der Waals surface area contributed by atoms with Crippen LogP contribution in [0, 0.1) is 11.8 Å². The number of pyridine rings is 1. The topological polar surface area (TPSA) is 54.5 Å².